The maximum atomic E-state index is 12.9. The summed E-state index contributed by atoms with van der Waals surface area (Å²) in [5, 5.41) is 11.8. The summed E-state index contributed by atoms with van der Waals surface area (Å²) in [7, 11) is 5.93. The summed E-state index contributed by atoms with van der Waals surface area (Å²) in [5.74, 6) is -2.27. The van der Waals surface area contributed by atoms with E-state index < -0.39 is 24.3 Å². The van der Waals surface area contributed by atoms with E-state index in [0.29, 0.717) is 17.4 Å². The molecule has 9 heteroatoms. The Kier molecular flexibility index (Phi) is 63.7. The van der Waals surface area contributed by atoms with Gasteiger partial charge in [0.2, 0.25) is 0 Å². The summed E-state index contributed by atoms with van der Waals surface area (Å²) in [6, 6.07) is 0. The molecule has 0 spiro atoms. The van der Waals surface area contributed by atoms with Crippen LogP contribution in [0.25, 0.3) is 0 Å². The summed E-state index contributed by atoms with van der Waals surface area (Å²) in [6.45, 7) is 4.64. The van der Waals surface area contributed by atoms with Gasteiger partial charge < -0.3 is 33.3 Å². The number of rotatable bonds is 66. The van der Waals surface area contributed by atoms with Crippen LogP contribution in [0.4, 0.5) is 0 Å². The lowest BCUT2D eigenvalue weighted by Crippen LogP contribution is -2.44. The van der Waals surface area contributed by atoms with E-state index in [4.69, 9.17) is 18.9 Å². The van der Waals surface area contributed by atoms with Gasteiger partial charge in [-0.2, -0.15) is 0 Å². The Hall–Kier alpha value is -3.53. The number of carbonyl (C=O) groups excluding carboxylic acids is 3. The highest BCUT2D eigenvalue weighted by Gasteiger charge is 2.22. The largest absolute Gasteiger partial charge is 0.545 e. The molecule has 0 heterocycles. The molecule has 0 aromatic heterocycles. The molecule has 0 bridgehead atoms. The van der Waals surface area contributed by atoms with E-state index >= 15 is 0 Å². The number of nitrogens with zero attached hydrogens (tertiary/aromatic N) is 1. The molecular weight excluding hydrogens is 1050 g/mol. The van der Waals surface area contributed by atoms with E-state index in [2.05, 4.69) is 98.9 Å². The van der Waals surface area contributed by atoms with Gasteiger partial charge in [-0.15, -0.1) is 0 Å². The molecule has 0 aliphatic carbocycles. The third-order valence-electron chi connectivity index (χ3n) is 15.6. The minimum atomic E-state index is -1.62. The number of quaternary nitrogens is 1. The first kappa shape index (κ1) is 81.5. The Morgan fingerprint density at radius 3 is 1.00 bits per heavy atom. The number of hydrogen-bond donors (Lipinski definition) is 0. The van der Waals surface area contributed by atoms with Crippen LogP contribution in [0.15, 0.2) is 85.1 Å². The van der Waals surface area contributed by atoms with Crippen molar-refractivity contribution in [1.82, 2.24) is 0 Å². The molecule has 0 aromatic rings. The van der Waals surface area contributed by atoms with Crippen LogP contribution < -0.4 is 5.11 Å². The highest BCUT2D eigenvalue weighted by atomic mass is 16.7. The normalized spacial score (nSPS) is 13.2. The first-order chi connectivity index (χ1) is 41.6. The van der Waals surface area contributed by atoms with Crippen molar-refractivity contribution in [2.24, 2.45) is 0 Å². The van der Waals surface area contributed by atoms with Crippen molar-refractivity contribution in [3.8, 4) is 0 Å². The van der Waals surface area contributed by atoms with Crippen molar-refractivity contribution in [2.75, 3.05) is 47.5 Å². The van der Waals surface area contributed by atoms with Gasteiger partial charge in [-0.05, 0) is 89.9 Å². The van der Waals surface area contributed by atoms with Crippen molar-refractivity contribution < 1.29 is 42.9 Å². The SMILES string of the molecule is CC/C=C\C/C=C\C/C=C\C/C=C\C/C=C\CCCCCCCCCCCCCCCCCCCCCCCCCCCC(=O)OC(COC(=O)CCCCCCCCCCC/C=C\C/C=C\CCCCC)COC(OCC[N+](C)(C)C)C(=O)[O-]. The zero-order valence-corrected chi connectivity index (χ0v) is 56.2. The van der Waals surface area contributed by atoms with Gasteiger partial charge in [0.1, 0.15) is 13.2 Å². The van der Waals surface area contributed by atoms with Crippen LogP contribution in [-0.2, 0) is 33.3 Å². The predicted molar refractivity (Wildman–Crippen MR) is 361 cm³/mol. The number of hydrogen-bond acceptors (Lipinski definition) is 8. The molecule has 85 heavy (non-hydrogen) atoms. The van der Waals surface area contributed by atoms with E-state index in [1.165, 1.54) is 218 Å². The average Bonchev–Trinajstić information content (AvgIpc) is 3.49. The molecule has 0 amide bonds. The fraction of sp³-hybridized carbons (Fsp3) is 0.776. The Bertz CT molecular complexity index is 1670. The number of allylic oxidation sites excluding steroid dienone is 14. The molecule has 0 fully saturated rings. The second kappa shape index (κ2) is 66.4. The molecular formula is C76H135NO8. The van der Waals surface area contributed by atoms with E-state index in [1.807, 2.05) is 21.1 Å². The fourth-order valence-electron chi connectivity index (χ4n) is 10.2. The summed E-state index contributed by atoms with van der Waals surface area (Å²) in [4.78, 5) is 37.4. The number of carboxylic acid groups (broad SMARTS) is 1. The smallest absolute Gasteiger partial charge is 0.306 e. The first-order valence-electron chi connectivity index (χ1n) is 35.7. The van der Waals surface area contributed by atoms with Crippen LogP contribution in [0.3, 0.4) is 0 Å². The van der Waals surface area contributed by atoms with Crippen molar-refractivity contribution >= 4 is 17.9 Å². The van der Waals surface area contributed by atoms with Crippen LogP contribution in [0.5, 0.6) is 0 Å². The van der Waals surface area contributed by atoms with Crippen molar-refractivity contribution in [1.29, 1.82) is 0 Å². The third-order valence-corrected chi connectivity index (χ3v) is 15.6. The lowest BCUT2D eigenvalue weighted by Gasteiger charge is -2.26. The topological polar surface area (TPSA) is 111 Å². The second-order valence-electron chi connectivity index (χ2n) is 25.1. The second-order valence-corrected chi connectivity index (χ2v) is 25.1. The highest BCUT2D eigenvalue weighted by Crippen LogP contribution is 2.18. The summed E-state index contributed by atoms with van der Waals surface area (Å²) >= 11 is 0. The number of likely N-dealkylation sites (N-methyl/N-ethyl adjacent to an activating group) is 1. The van der Waals surface area contributed by atoms with Gasteiger partial charge in [0.25, 0.3) is 0 Å². The molecule has 2 atom stereocenters. The minimum absolute atomic E-state index is 0.147. The van der Waals surface area contributed by atoms with Crippen LogP contribution in [0.1, 0.15) is 322 Å². The number of carbonyl (C=O) groups is 3. The van der Waals surface area contributed by atoms with Gasteiger partial charge in [0, 0.05) is 12.8 Å². The predicted octanol–water partition coefficient (Wildman–Crippen LogP) is 20.9. The molecule has 492 valence electrons. The van der Waals surface area contributed by atoms with Crippen LogP contribution in [-0.4, -0.2) is 82.3 Å². The maximum Gasteiger partial charge on any atom is 0.306 e. The van der Waals surface area contributed by atoms with Crippen LogP contribution in [0.2, 0.25) is 0 Å². The zero-order chi connectivity index (χ0) is 61.9. The molecule has 0 aliphatic heterocycles. The fourth-order valence-corrected chi connectivity index (χ4v) is 10.2. The van der Waals surface area contributed by atoms with Crippen LogP contribution >= 0.6 is 0 Å². The van der Waals surface area contributed by atoms with Crippen LogP contribution in [0, 0.1) is 0 Å². The zero-order valence-electron chi connectivity index (χ0n) is 56.2. The number of unbranched alkanes of at least 4 members (excludes halogenated alkanes) is 37. The third kappa shape index (κ3) is 67.8. The summed E-state index contributed by atoms with van der Waals surface area (Å²) in [5.41, 5.74) is 0. The standard InChI is InChI=1S/C76H135NO8/c1-6-8-10-12-14-16-18-20-22-24-26-27-28-29-30-31-32-33-34-35-36-37-38-39-40-41-42-43-44-45-46-47-49-51-53-55-57-59-61-63-65-67-74(79)85-72(71-84-76(75(80)81)82-69-68-77(3,4)5)70-83-73(78)66-64-62-60-58-56-54-52-50-48-25-23-21-19-17-15-13-11-9-7-2/h8,10,14-17,20-23,26-27,29-30,72,76H,6-7,9,11-13,18-19,24-25,28,31-71H2,1-5H3/b10-8-,16-14-,17-15-,22-20-,23-21-,27-26-,30-29-. The van der Waals surface area contributed by atoms with E-state index in [-0.39, 0.29) is 38.6 Å². The maximum absolute atomic E-state index is 12.9. The molecule has 0 N–H and O–H groups in total. The molecule has 0 aliphatic rings. The monoisotopic (exact) mass is 1190 g/mol. The number of ether oxygens (including phenoxy) is 4. The lowest BCUT2D eigenvalue weighted by molar-refractivity contribution is -0.870. The van der Waals surface area contributed by atoms with E-state index in [1.54, 1.807) is 0 Å². The lowest BCUT2D eigenvalue weighted by atomic mass is 10.0. The van der Waals surface area contributed by atoms with Gasteiger partial charge in [-0.25, -0.2) is 0 Å². The molecule has 0 saturated heterocycles. The van der Waals surface area contributed by atoms with Gasteiger partial charge >= 0.3 is 11.9 Å². The van der Waals surface area contributed by atoms with Crippen molar-refractivity contribution in [3.63, 3.8) is 0 Å². The molecule has 0 rings (SSSR count). The van der Waals surface area contributed by atoms with Gasteiger partial charge in [-0.1, -0.05) is 304 Å². The highest BCUT2D eigenvalue weighted by molar-refractivity contribution is 5.70. The van der Waals surface area contributed by atoms with Crippen molar-refractivity contribution in [3.05, 3.63) is 85.1 Å². The number of esters is 2. The average molecular weight is 1190 g/mol. The molecule has 0 aromatic carbocycles. The Balaban J connectivity index is 3.97. The Morgan fingerprint density at radius 2 is 0.671 bits per heavy atom. The number of carboxylic acids is 1. The first-order valence-corrected chi connectivity index (χ1v) is 35.7. The Morgan fingerprint density at radius 1 is 0.365 bits per heavy atom. The Labute approximate surface area is 525 Å². The van der Waals surface area contributed by atoms with E-state index in [0.717, 1.165) is 70.6 Å². The summed E-state index contributed by atoms with van der Waals surface area (Å²) < 4.78 is 22.8. The van der Waals surface area contributed by atoms with Crippen molar-refractivity contribution in [2.45, 2.75) is 334 Å². The minimum Gasteiger partial charge on any atom is -0.545 e. The molecule has 0 radical (unpaired) electrons. The molecule has 0 saturated carbocycles. The van der Waals surface area contributed by atoms with Gasteiger partial charge in [0.15, 0.2) is 12.4 Å². The number of aliphatic carboxylic acids is 1. The van der Waals surface area contributed by atoms with Gasteiger partial charge in [-0.3, -0.25) is 9.59 Å². The van der Waals surface area contributed by atoms with E-state index in [9.17, 15) is 19.5 Å². The quantitative estimate of drug-likeness (QED) is 0.0195. The summed E-state index contributed by atoms with van der Waals surface area (Å²) in [6.07, 6.45) is 86.8. The molecule has 9 nitrogen and oxygen atoms in total. The molecule has 2 unspecified atom stereocenters. The van der Waals surface area contributed by atoms with Gasteiger partial charge in [0.05, 0.1) is 40.3 Å².